The fraction of sp³-hybridized carbons (Fsp3) is 0.435. The zero-order valence-electron chi connectivity index (χ0n) is 17.2. The number of hydrogen-bond donors (Lipinski definition) is 3. The van der Waals surface area contributed by atoms with E-state index in [2.05, 4.69) is 53.2 Å². The third-order valence-corrected chi connectivity index (χ3v) is 5.68. The molecule has 0 spiro atoms. The molecule has 2 heterocycles. The molecule has 29 heavy (non-hydrogen) atoms. The van der Waals surface area contributed by atoms with Crippen molar-refractivity contribution in [3.8, 4) is 5.75 Å². The summed E-state index contributed by atoms with van der Waals surface area (Å²) in [6.07, 6.45) is 3.91. The quantitative estimate of drug-likeness (QED) is 0.701. The number of ether oxygens (including phenoxy) is 1. The van der Waals surface area contributed by atoms with E-state index in [-0.39, 0.29) is 18.0 Å². The van der Waals surface area contributed by atoms with E-state index in [1.54, 1.807) is 0 Å². The summed E-state index contributed by atoms with van der Waals surface area (Å²) in [5.74, 6) is 0.859. The number of carbonyl (C=O) groups is 1. The molecule has 2 aliphatic heterocycles. The van der Waals surface area contributed by atoms with Gasteiger partial charge in [-0.15, -0.1) is 0 Å². The number of benzene rings is 2. The maximum atomic E-state index is 12.8. The van der Waals surface area contributed by atoms with Gasteiger partial charge in [-0.1, -0.05) is 31.2 Å². The van der Waals surface area contributed by atoms with Gasteiger partial charge in [0.1, 0.15) is 11.8 Å². The van der Waals surface area contributed by atoms with Gasteiger partial charge in [-0.2, -0.15) is 0 Å². The number of para-hydroxylation sites is 1. The zero-order chi connectivity index (χ0) is 20.2. The van der Waals surface area contributed by atoms with Crippen molar-refractivity contribution in [2.45, 2.75) is 44.7 Å². The molecule has 0 aliphatic carbocycles. The SMILES string of the molecule is CCCOc1ccccc1C1CC(C(=O)Nc2ccc3c(c2)N(C)CCC3)NN1. The molecule has 1 saturated heterocycles. The largest absolute Gasteiger partial charge is 0.493 e. The molecule has 1 fully saturated rings. The van der Waals surface area contributed by atoms with Crippen LogP contribution in [0.5, 0.6) is 5.75 Å². The van der Waals surface area contributed by atoms with Gasteiger partial charge >= 0.3 is 0 Å². The van der Waals surface area contributed by atoms with Gasteiger partial charge in [-0.3, -0.25) is 4.79 Å². The molecule has 2 unspecified atom stereocenters. The fourth-order valence-electron chi connectivity index (χ4n) is 4.11. The highest BCUT2D eigenvalue weighted by Crippen LogP contribution is 2.32. The lowest BCUT2D eigenvalue weighted by molar-refractivity contribution is -0.117. The van der Waals surface area contributed by atoms with Gasteiger partial charge in [-0.05, 0) is 49.4 Å². The summed E-state index contributed by atoms with van der Waals surface area (Å²) >= 11 is 0. The number of anilines is 2. The van der Waals surface area contributed by atoms with Crippen molar-refractivity contribution >= 4 is 17.3 Å². The lowest BCUT2D eigenvalue weighted by Crippen LogP contribution is -2.39. The van der Waals surface area contributed by atoms with Gasteiger partial charge in [0, 0.05) is 30.5 Å². The van der Waals surface area contributed by atoms with Crippen LogP contribution in [0.3, 0.4) is 0 Å². The Morgan fingerprint density at radius 3 is 2.97 bits per heavy atom. The number of amides is 1. The molecule has 6 nitrogen and oxygen atoms in total. The van der Waals surface area contributed by atoms with E-state index in [0.29, 0.717) is 13.0 Å². The van der Waals surface area contributed by atoms with E-state index < -0.39 is 0 Å². The van der Waals surface area contributed by atoms with Gasteiger partial charge in [0.2, 0.25) is 5.91 Å². The maximum absolute atomic E-state index is 12.8. The zero-order valence-corrected chi connectivity index (χ0v) is 17.2. The summed E-state index contributed by atoms with van der Waals surface area (Å²) in [4.78, 5) is 15.1. The molecule has 0 aromatic heterocycles. The average molecular weight is 395 g/mol. The van der Waals surface area contributed by atoms with Crippen molar-refractivity contribution in [2.75, 3.05) is 30.4 Å². The Labute approximate surface area is 172 Å². The Kier molecular flexibility index (Phi) is 6.02. The lowest BCUT2D eigenvalue weighted by Gasteiger charge is -2.28. The smallest absolute Gasteiger partial charge is 0.242 e. The first-order valence-corrected chi connectivity index (χ1v) is 10.5. The topological polar surface area (TPSA) is 65.6 Å². The van der Waals surface area contributed by atoms with Crippen molar-refractivity contribution in [1.29, 1.82) is 0 Å². The summed E-state index contributed by atoms with van der Waals surface area (Å²) in [5, 5.41) is 3.08. The maximum Gasteiger partial charge on any atom is 0.242 e. The van der Waals surface area contributed by atoms with E-state index in [1.165, 1.54) is 17.7 Å². The monoisotopic (exact) mass is 394 g/mol. The van der Waals surface area contributed by atoms with Crippen LogP contribution in [0, 0.1) is 0 Å². The van der Waals surface area contributed by atoms with E-state index in [0.717, 1.165) is 36.4 Å². The highest BCUT2D eigenvalue weighted by molar-refractivity contribution is 5.95. The van der Waals surface area contributed by atoms with Crippen LogP contribution in [0.1, 0.15) is 43.4 Å². The second kappa shape index (κ2) is 8.84. The van der Waals surface area contributed by atoms with Crippen LogP contribution < -0.4 is 25.8 Å². The predicted octanol–water partition coefficient (Wildman–Crippen LogP) is 3.40. The number of hydrogen-bond acceptors (Lipinski definition) is 5. The normalized spacial score (nSPS) is 21.0. The van der Waals surface area contributed by atoms with Crippen molar-refractivity contribution in [3.05, 3.63) is 53.6 Å². The van der Waals surface area contributed by atoms with Crippen molar-refractivity contribution in [3.63, 3.8) is 0 Å². The number of fused-ring (bicyclic) bond motifs is 1. The molecule has 2 atom stereocenters. The van der Waals surface area contributed by atoms with E-state index in [9.17, 15) is 4.79 Å². The van der Waals surface area contributed by atoms with E-state index >= 15 is 0 Å². The highest BCUT2D eigenvalue weighted by atomic mass is 16.5. The minimum Gasteiger partial charge on any atom is -0.493 e. The van der Waals surface area contributed by atoms with Crippen molar-refractivity contribution in [2.24, 2.45) is 0 Å². The molecule has 6 heteroatoms. The Balaban J connectivity index is 1.41. The molecule has 0 saturated carbocycles. The lowest BCUT2D eigenvalue weighted by atomic mass is 10.00. The number of nitrogens with one attached hydrogen (secondary N) is 3. The molecule has 154 valence electrons. The summed E-state index contributed by atoms with van der Waals surface area (Å²) in [6.45, 7) is 3.84. The van der Waals surface area contributed by atoms with Gasteiger partial charge in [0.05, 0.1) is 12.6 Å². The number of hydrazine groups is 1. The molecule has 2 aromatic rings. The second-order valence-electron chi connectivity index (χ2n) is 7.87. The summed E-state index contributed by atoms with van der Waals surface area (Å²) in [5.41, 5.74) is 10.9. The summed E-state index contributed by atoms with van der Waals surface area (Å²) in [6, 6.07) is 14.0. The number of aryl methyl sites for hydroxylation is 1. The predicted molar refractivity (Wildman–Crippen MR) is 116 cm³/mol. The number of rotatable bonds is 6. The summed E-state index contributed by atoms with van der Waals surface area (Å²) in [7, 11) is 2.11. The van der Waals surface area contributed by atoms with Crippen LogP contribution in [0.4, 0.5) is 11.4 Å². The molecule has 2 aliphatic rings. The first-order valence-electron chi connectivity index (χ1n) is 10.5. The van der Waals surface area contributed by atoms with Crippen LogP contribution in [0.25, 0.3) is 0 Å². The third-order valence-electron chi connectivity index (χ3n) is 5.68. The third kappa shape index (κ3) is 4.38. The minimum atomic E-state index is -0.298. The molecule has 2 aromatic carbocycles. The Morgan fingerprint density at radius 2 is 2.10 bits per heavy atom. The number of nitrogens with zero attached hydrogens (tertiary/aromatic N) is 1. The molecular weight excluding hydrogens is 364 g/mol. The molecule has 3 N–H and O–H groups in total. The molecule has 4 rings (SSSR count). The standard InChI is InChI=1S/C23H30N4O2/c1-3-13-29-22-9-5-4-8-18(22)19-15-20(26-25-19)23(28)24-17-11-10-16-7-6-12-27(2)21(16)14-17/h4-5,8-11,14,19-20,25-26H,3,6-7,12-13,15H2,1-2H3,(H,24,28). The van der Waals surface area contributed by atoms with Crippen molar-refractivity contribution < 1.29 is 9.53 Å². The average Bonchev–Trinajstić information content (AvgIpc) is 3.23. The Hall–Kier alpha value is -2.57. The Bertz CT molecular complexity index is 870. The molecule has 0 bridgehead atoms. The van der Waals surface area contributed by atoms with Crippen LogP contribution in [0.2, 0.25) is 0 Å². The van der Waals surface area contributed by atoms with Gasteiger partial charge in [-0.25, -0.2) is 10.9 Å². The van der Waals surface area contributed by atoms with Gasteiger partial charge in [0.25, 0.3) is 0 Å². The van der Waals surface area contributed by atoms with Gasteiger partial charge in [0.15, 0.2) is 0 Å². The Morgan fingerprint density at radius 1 is 1.24 bits per heavy atom. The van der Waals surface area contributed by atoms with Crippen LogP contribution in [-0.2, 0) is 11.2 Å². The van der Waals surface area contributed by atoms with Crippen molar-refractivity contribution in [1.82, 2.24) is 10.9 Å². The minimum absolute atomic E-state index is 0.0228. The summed E-state index contributed by atoms with van der Waals surface area (Å²) < 4.78 is 5.88. The first kappa shape index (κ1) is 19.7. The van der Waals surface area contributed by atoms with Crippen LogP contribution in [-0.4, -0.2) is 32.1 Å². The molecular formula is C23H30N4O2. The molecule has 1 amide bonds. The molecule has 0 radical (unpaired) electrons. The van der Waals surface area contributed by atoms with E-state index in [1.807, 2.05) is 24.3 Å². The van der Waals surface area contributed by atoms with Gasteiger partial charge < -0.3 is 15.0 Å². The fourth-order valence-corrected chi connectivity index (χ4v) is 4.11. The van der Waals surface area contributed by atoms with Crippen LogP contribution >= 0.6 is 0 Å². The van der Waals surface area contributed by atoms with E-state index in [4.69, 9.17) is 4.74 Å². The first-order chi connectivity index (χ1) is 14.2. The van der Waals surface area contributed by atoms with Crippen LogP contribution in [0.15, 0.2) is 42.5 Å². The highest BCUT2D eigenvalue weighted by Gasteiger charge is 2.31. The second-order valence-corrected chi connectivity index (χ2v) is 7.87. The number of carbonyl (C=O) groups excluding carboxylic acids is 1.